The third-order valence-corrected chi connectivity index (χ3v) is 4.65. The highest BCUT2D eigenvalue weighted by molar-refractivity contribution is 7.91. The SMILES string of the molecule is CCS(=O)(=O)CC(C)Nc1ccc(-n2cncn2)nc1. The lowest BCUT2D eigenvalue weighted by atomic mass is 10.3. The van der Waals surface area contributed by atoms with Crippen molar-refractivity contribution in [2.24, 2.45) is 0 Å². The highest BCUT2D eigenvalue weighted by atomic mass is 32.2. The van der Waals surface area contributed by atoms with Gasteiger partial charge in [0.05, 0.1) is 17.6 Å². The molecule has 0 saturated heterocycles. The Balaban J connectivity index is 2.01. The maximum Gasteiger partial charge on any atom is 0.155 e. The van der Waals surface area contributed by atoms with Gasteiger partial charge >= 0.3 is 0 Å². The van der Waals surface area contributed by atoms with Crippen LogP contribution < -0.4 is 5.32 Å². The lowest BCUT2D eigenvalue weighted by molar-refractivity contribution is 0.593. The molecule has 0 aromatic carbocycles. The van der Waals surface area contributed by atoms with Crippen LogP contribution in [0.4, 0.5) is 5.69 Å². The summed E-state index contributed by atoms with van der Waals surface area (Å²) < 4.78 is 24.6. The van der Waals surface area contributed by atoms with Gasteiger partial charge in [-0.2, -0.15) is 5.10 Å². The van der Waals surface area contributed by atoms with E-state index in [4.69, 9.17) is 0 Å². The minimum atomic E-state index is -2.99. The van der Waals surface area contributed by atoms with Crippen LogP contribution in [0.3, 0.4) is 0 Å². The van der Waals surface area contributed by atoms with E-state index in [1.807, 2.05) is 13.0 Å². The van der Waals surface area contributed by atoms with E-state index in [0.717, 1.165) is 5.69 Å². The molecule has 2 aromatic rings. The van der Waals surface area contributed by atoms with Crippen molar-refractivity contribution in [3.8, 4) is 5.82 Å². The van der Waals surface area contributed by atoms with Gasteiger partial charge in [-0.1, -0.05) is 6.92 Å². The molecule has 108 valence electrons. The molecule has 0 saturated carbocycles. The Morgan fingerprint density at radius 1 is 1.40 bits per heavy atom. The first-order valence-electron chi connectivity index (χ1n) is 6.28. The molecule has 0 amide bonds. The molecule has 0 bridgehead atoms. The predicted molar refractivity (Wildman–Crippen MR) is 76.6 cm³/mol. The first-order valence-corrected chi connectivity index (χ1v) is 8.10. The van der Waals surface area contributed by atoms with Crippen molar-refractivity contribution in [2.45, 2.75) is 19.9 Å². The molecule has 2 aromatic heterocycles. The van der Waals surface area contributed by atoms with Crippen LogP contribution in [0.15, 0.2) is 31.0 Å². The first-order chi connectivity index (χ1) is 9.50. The van der Waals surface area contributed by atoms with Crippen molar-refractivity contribution in [1.82, 2.24) is 19.7 Å². The number of nitrogens with one attached hydrogen (secondary N) is 1. The van der Waals surface area contributed by atoms with Crippen molar-refractivity contribution >= 4 is 15.5 Å². The standard InChI is InChI=1S/C12H17N5O2S/c1-3-20(18,19)7-10(2)16-11-4-5-12(14-6-11)17-9-13-8-15-17/h4-6,8-10,16H,3,7H2,1-2H3. The molecular formula is C12H17N5O2S. The van der Waals surface area contributed by atoms with Gasteiger partial charge in [0.1, 0.15) is 12.7 Å². The summed E-state index contributed by atoms with van der Waals surface area (Å²) in [7, 11) is -2.99. The molecule has 0 radical (unpaired) electrons. The Morgan fingerprint density at radius 2 is 2.20 bits per heavy atom. The molecule has 0 aliphatic carbocycles. The van der Waals surface area contributed by atoms with Gasteiger partial charge in [0, 0.05) is 11.8 Å². The van der Waals surface area contributed by atoms with Crippen LogP contribution >= 0.6 is 0 Å². The van der Waals surface area contributed by atoms with Crippen molar-refractivity contribution < 1.29 is 8.42 Å². The van der Waals surface area contributed by atoms with Crippen LogP contribution in [0.5, 0.6) is 0 Å². The maximum absolute atomic E-state index is 11.5. The average Bonchev–Trinajstić information content (AvgIpc) is 2.93. The summed E-state index contributed by atoms with van der Waals surface area (Å²) >= 11 is 0. The summed E-state index contributed by atoms with van der Waals surface area (Å²) in [6.07, 6.45) is 4.64. The van der Waals surface area contributed by atoms with Gasteiger partial charge in [-0.15, -0.1) is 0 Å². The van der Waals surface area contributed by atoms with E-state index in [0.29, 0.717) is 5.82 Å². The monoisotopic (exact) mass is 295 g/mol. The summed E-state index contributed by atoms with van der Waals surface area (Å²) in [5.74, 6) is 0.915. The van der Waals surface area contributed by atoms with Gasteiger partial charge < -0.3 is 5.32 Å². The highest BCUT2D eigenvalue weighted by Gasteiger charge is 2.13. The number of hydrogen-bond acceptors (Lipinski definition) is 6. The third kappa shape index (κ3) is 3.77. The number of sulfone groups is 1. The van der Waals surface area contributed by atoms with E-state index >= 15 is 0 Å². The zero-order valence-corrected chi connectivity index (χ0v) is 12.2. The van der Waals surface area contributed by atoms with E-state index in [1.54, 1.807) is 30.2 Å². The molecular weight excluding hydrogens is 278 g/mol. The summed E-state index contributed by atoms with van der Waals surface area (Å²) in [6.45, 7) is 3.48. The van der Waals surface area contributed by atoms with Crippen LogP contribution in [-0.4, -0.2) is 45.7 Å². The number of rotatable bonds is 6. The van der Waals surface area contributed by atoms with Crippen LogP contribution in [-0.2, 0) is 9.84 Å². The van der Waals surface area contributed by atoms with Gasteiger partial charge in [0.2, 0.25) is 0 Å². The van der Waals surface area contributed by atoms with E-state index in [-0.39, 0.29) is 17.5 Å². The molecule has 1 unspecified atom stereocenters. The maximum atomic E-state index is 11.5. The largest absolute Gasteiger partial charge is 0.380 e. The van der Waals surface area contributed by atoms with Crippen LogP contribution in [0.2, 0.25) is 0 Å². The Morgan fingerprint density at radius 3 is 2.75 bits per heavy atom. The quantitative estimate of drug-likeness (QED) is 0.851. The first kappa shape index (κ1) is 14.4. The van der Waals surface area contributed by atoms with Gasteiger partial charge in [0.25, 0.3) is 0 Å². The normalized spacial score (nSPS) is 13.1. The second-order valence-corrected chi connectivity index (χ2v) is 6.89. The number of anilines is 1. The fourth-order valence-corrected chi connectivity index (χ4v) is 2.84. The Bertz CT molecular complexity index is 637. The fraction of sp³-hybridized carbons (Fsp3) is 0.417. The number of aromatic nitrogens is 4. The van der Waals surface area contributed by atoms with E-state index in [2.05, 4.69) is 20.4 Å². The van der Waals surface area contributed by atoms with Crippen molar-refractivity contribution in [3.05, 3.63) is 31.0 Å². The summed E-state index contributed by atoms with van der Waals surface area (Å²) in [5, 5.41) is 7.10. The van der Waals surface area contributed by atoms with E-state index < -0.39 is 9.84 Å². The number of nitrogens with zero attached hydrogens (tertiary/aromatic N) is 4. The lowest BCUT2D eigenvalue weighted by Gasteiger charge is -2.14. The van der Waals surface area contributed by atoms with Crippen LogP contribution in [0, 0.1) is 0 Å². The van der Waals surface area contributed by atoms with Crippen molar-refractivity contribution in [3.63, 3.8) is 0 Å². The van der Waals surface area contributed by atoms with E-state index in [9.17, 15) is 8.42 Å². The zero-order valence-electron chi connectivity index (χ0n) is 11.4. The summed E-state index contributed by atoms with van der Waals surface area (Å²) in [6, 6.07) is 3.45. The van der Waals surface area contributed by atoms with Gasteiger partial charge in [-0.05, 0) is 19.1 Å². The van der Waals surface area contributed by atoms with Crippen molar-refractivity contribution in [1.29, 1.82) is 0 Å². The second kappa shape index (κ2) is 6.00. The topological polar surface area (TPSA) is 89.8 Å². The molecule has 0 spiro atoms. The predicted octanol–water partition coefficient (Wildman–Crippen LogP) is 0.897. The van der Waals surface area contributed by atoms with Gasteiger partial charge in [-0.25, -0.2) is 23.1 Å². The molecule has 2 heterocycles. The fourth-order valence-electron chi connectivity index (χ4n) is 1.76. The molecule has 8 heteroatoms. The van der Waals surface area contributed by atoms with Gasteiger partial charge in [0.15, 0.2) is 15.7 Å². The molecule has 1 N–H and O–H groups in total. The molecule has 1 atom stereocenters. The molecule has 0 fully saturated rings. The zero-order chi connectivity index (χ0) is 14.6. The molecule has 2 rings (SSSR count). The van der Waals surface area contributed by atoms with Crippen LogP contribution in [0.25, 0.3) is 5.82 Å². The minimum Gasteiger partial charge on any atom is -0.380 e. The number of pyridine rings is 1. The Labute approximate surface area is 118 Å². The van der Waals surface area contributed by atoms with E-state index in [1.165, 1.54) is 6.33 Å². The molecule has 0 aliphatic heterocycles. The summed E-state index contributed by atoms with van der Waals surface area (Å²) in [5.41, 5.74) is 0.771. The Hall–Kier alpha value is -1.96. The summed E-state index contributed by atoms with van der Waals surface area (Å²) in [4.78, 5) is 8.09. The number of hydrogen-bond donors (Lipinski definition) is 1. The average molecular weight is 295 g/mol. The van der Waals surface area contributed by atoms with Crippen LogP contribution in [0.1, 0.15) is 13.8 Å². The second-order valence-electron chi connectivity index (χ2n) is 4.49. The molecule has 20 heavy (non-hydrogen) atoms. The van der Waals surface area contributed by atoms with Gasteiger partial charge in [-0.3, -0.25) is 0 Å². The Kier molecular flexibility index (Phi) is 4.33. The lowest BCUT2D eigenvalue weighted by Crippen LogP contribution is -2.26. The third-order valence-electron chi connectivity index (χ3n) is 2.76. The minimum absolute atomic E-state index is 0.105. The smallest absolute Gasteiger partial charge is 0.155 e. The highest BCUT2D eigenvalue weighted by Crippen LogP contribution is 2.10. The molecule has 0 aliphatic rings. The van der Waals surface area contributed by atoms with Crippen molar-refractivity contribution in [2.75, 3.05) is 16.8 Å². The molecule has 7 nitrogen and oxygen atoms in total.